The van der Waals surface area contributed by atoms with Crippen molar-refractivity contribution in [3.05, 3.63) is 35.9 Å². The molecule has 0 aromatic heterocycles. The minimum absolute atomic E-state index is 0.0848. The lowest BCUT2D eigenvalue weighted by atomic mass is 9.73. The van der Waals surface area contributed by atoms with Crippen molar-refractivity contribution in [3.8, 4) is 0 Å². The molecule has 0 heterocycles. The Labute approximate surface area is 153 Å². The van der Waals surface area contributed by atoms with Crippen molar-refractivity contribution in [1.82, 2.24) is 0 Å². The standard InChI is InChI=1S/C20H27NO5/c22-18(13-5-2-1-3-6-13)9-8-14-11-15-16(20(14)25)12-17(15)21-26-10-4-7-19(23)24/h1-3,5-6,14-16,18,20,22,25H,4,7-12H2,(H,23,24). The molecular weight excluding hydrogens is 334 g/mol. The first kappa shape index (κ1) is 18.9. The van der Waals surface area contributed by atoms with Crippen LogP contribution in [0.4, 0.5) is 0 Å². The third-order valence-corrected chi connectivity index (χ3v) is 5.67. The van der Waals surface area contributed by atoms with Gasteiger partial charge >= 0.3 is 5.97 Å². The maximum Gasteiger partial charge on any atom is 0.303 e. The normalized spacial score (nSPS) is 29.8. The first-order valence-electron chi connectivity index (χ1n) is 9.38. The molecule has 5 unspecified atom stereocenters. The number of carboxylic acid groups (broad SMARTS) is 1. The van der Waals surface area contributed by atoms with Crippen LogP contribution in [0.2, 0.25) is 0 Å². The highest BCUT2D eigenvalue weighted by Gasteiger charge is 2.51. The third-order valence-electron chi connectivity index (χ3n) is 5.67. The Balaban J connectivity index is 1.43. The summed E-state index contributed by atoms with van der Waals surface area (Å²) in [6, 6.07) is 9.61. The number of nitrogens with zero attached hydrogens (tertiary/aromatic N) is 1. The number of carboxylic acids is 1. The first-order valence-corrected chi connectivity index (χ1v) is 9.38. The van der Waals surface area contributed by atoms with Crippen molar-refractivity contribution < 1.29 is 25.0 Å². The molecule has 142 valence electrons. The number of rotatable bonds is 9. The molecule has 5 atom stereocenters. The Morgan fingerprint density at radius 2 is 2.08 bits per heavy atom. The number of benzene rings is 1. The molecule has 3 N–H and O–H groups in total. The van der Waals surface area contributed by atoms with Gasteiger partial charge in [0, 0.05) is 12.3 Å². The molecule has 2 aliphatic rings. The van der Waals surface area contributed by atoms with E-state index in [-0.39, 0.29) is 30.3 Å². The molecule has 26 heavy (non-hydrogen) atoms. The van der Waals surface area contributed by atoms with Crippen LogP contribution in [-0.2, 0) is 9.63 Å². The van der Waals surface area contributed by atoms with Crippen molar-refractivity contribution in [2.75, 3.05) is 6.61 Å². The predicted octanol–water partition coefficient (Wildman–Crippen LogP) is 2.75. The number of hydrogen-bond donors (Lipinski definition) is 3. The lowest BCUT2D eigenvalue weighted by Crippen LogP contribution is -2.38. The van der Waals surface area contributed by atoms with Gasteiger partial charge in [0.25, 0.3) is 0 Å². The summed E-state index contributed by atoms with van der Waals surface area (Å²) in [6.07, 6.45) is 2.76. The minimum Gasteiger partial charge on any atom is -0.481 e. The van der Waals surface area contributed by atoms with Gasteiger partial charge in [-0.2, -0.15) is 0 Å². The van der Waals surface area contributed by atoms with Gasteiger partial charge in [-0.25, -0.2) is 0 Å². The molecular formula is C20H27NO5. The van der Waals surface area contributed by atoms with Crippen LogP contribution < -0.4 is 0 Å². The molecule has 0 saturated heterocycles. The Kier molecular flexibility index (Phi) is 6.27. The van der Waals surface area contributed by atoms with E-state index in [0.717, 1.165) is 30.5 Å². The molecule has 3 rings (SSSR count). The number of aliphatic carboxylic acids is 1. The topological polar surface area (TPSA) is 99.4 Å². The van der Waals surface area contributed by atoms with E-state index in [1.54, 1.807) is 0 Å². The molecule has 0 radical (unpaired) electrons. The van der Waals surface area contributed by atoms with Crippen LogP contribution in [0.25, 0.3) is 0 Å². The van der Waals surface area contributed by atoms with E-state index in [9.17, 15) is 15.0 Å². The predicted molar refractivity (Wildman–Crippen MR) is 96.6 cm³/mol. The summed E-state index contributed by atoms with van der Waals surface area (Å²) in [5.41, 5.74) is 1.90. The summed E-state index contributed by atoms with van der Waals surface area (Å²) in [5, 5.41) is 33.5. The fourth-order valence-electron chi connectivity index (χ4n) is 4.13. The molecule has 0 spiro atoms. The summed E-state index contributed by atoms with van der Waals surface area (Å²) < 4.78 is 0. The largest absolute Gasteiger partial charge is 0.481 e. The van der Waals surface area contributed by atoms with E-state index in [2.05, 4.69) is 5.16 Å². The summed E-state index contributed by atoms with van der Waals surface area (Å²) >= 11 is 0. The minimum atomic E-state index is -0.829. The fourth-order valence-corrected chi connectivity index (χ4v) is 4.13. The van der Waals surface area contributed by atoms with E-state index in [4.69, 9.17) is 9.94 Å². The molecule has 1 aromatic rings. The fraction of sp³-hybridized carbons (Fsp3) is 0.600. The van der Waals surface area contributed by atoms with Crippen molar-refractivity contribution in [1.29, 1.82) is 0 Å². The number of carbonyl (C=O) groups is 1. The van der Waals surface area contributed by atoms with E-state index >= 15 is 0 Å². The van der Waals surface area contributed by atoms with Crippen molar-refractivity contribution in [2.45, 2.75) is 50.7 Å². The van der Waals surface area contributed by atoms with Crippen LogP contribution in [0.5, 0.6) is 0 Å². The van der Waals surface area contributed by atoms with Crippen LogP contribution in [0.3, 0.4) is 0 Å². The van der Waals surface area contributed by atoms with Crippen molar-refractivity contribution in [3.63, 3.8) is 0 Å². The van der Waals surface area contributed by atoms with Gasteiger partial charge in [0.2, 0.25) is 0 Å². The van der Waals surface area contributed by atoms with Gasteiger partial charge in [0.15, 0.2) is 0 Å². The molecule has 0 aliphatic heterocycles. The number of fused-ring (bicyclic) bond motifs is 1. The molecule has 1 aromatic carbocycles. The van der Waals surface area contributed by atoms with Gasteiger partial charge < -0.3 is 20.2 Å². The molecule has 2 fully saturated rings. The first-order chi connectivity index (χ1) is 12.6. The second-order valence-electron chi connectivity index (χ2n) is 7.38. The highest BCUT2D eigenvalue weighted by molar-refractivity contribution is 5.93. The van der Waals surface area contributed by atoms with Gasteiger partial charge in [-0.05, 0) is 49.5 Å². The zero-order valence-electron chi connectivity index (χ0n) is 14.8. The number of hydrogen-bond acceptors (Lipinski definition) is 5. The van der Waals surface area contributed by atoms with Gasteiger partial charge in [-0.1, -0.05) is 35.5 Å². The van der Waals surface area contributed by atoms with E-state index in [1.165, 1.54) is 0 Å². The zero-order valence-corrected chi connectivity index (χ0v) is 14.8. The molecule has 2 aliphatic carbocycles. The maximum absolute atomic E-state index is 10.5. The van der Waals surface area contributed by atoms with Crippen LogP contribution in [0.1, 0.15) is 50.2 Å². The van der Waals surface area contributed by atoms with Crippen LogP contribution in [0, 0.1) is 17.8 Å². The van der Waals surface area contributed by atoms with Gasteiger partial charge in [0.05, 0.1) is 17.9 Å². The highest BCUT2D eigenvalue weighted by atomic mass is 16.6. The molecule has 0 bridgehead atoms. The second kappa shape index (κ2) is 8.64. The van der Waals surface area contributed by atoms with E-state index < -0.39 is 12.1 Å². The lowest BCUT2D eigenvalue weighted by Gasteiger charge is -2.33. The Hall–Kier alpha value is -1.92. The molecule has 2 saturated carbocycles. The molecule has 6 heteroatoms. The maximum atomic E-state index is 10.5. The summed E-state index contributed by atoms with van der Waals surface area (Å²) in [5.74, 6) is -0.133. The molecule has 0 amide bonds. The average Bonchev–Trinajstić information content (AvgIpc) is 2.87. The Morgan fingerprint density at radius 3 is 2.81 bits per heavy atom. The van der Waals surface area contributed by atoms with Gasteiger partial charge in [-0.15, -0.1) is 0 Å². The quantitative estimate of drug-likeness (QED) is 0.464. The Bertz CT molecular complexity index is 632. The average molecular weight is 361 g/mol. The summed E-state index contributed by atoms with van der Waals surface area (Å²) in [6.45, 7) is 0.308. The Morgan fingerprint density at radius 1 is 1.31 bits per heavy atom. The second-order valence-corrected chi connectivity index (χ2v) is 7.38. The number of aliphatic hydroxyl groups excluding tert-OH is 2. The summed E-state index contributed by atoms with van der Waals surface area (Å²) in [7, 11) is 0. The van der Waals surface area contributed by atoms with E-state index in [1.807, 2.05) is 30.3 Å². The van der Waals surface area contributed by atoms with Crippen LogP contribution in [-0.4, -0.2) is 39.7 Å². The highest BCUT2D eigenvalue weighted by Crippen LogP contribution is 2.49. The van der Waals surface area contributed by atoms with Crippen molar-refractivity contribution in [2.24, 2.45) is 22.9 Å². The molecule has 6 nitrogen and oxygen atoms in total. The number of oxime groups is 1. The lowest BCUT2D eigenvalue weighted by molar-refractivity contribution is -0.137. The van der Waals surface area contributed by atoms with Gasteiger partial charge in [0.1, 0.15) is 6.61 Å². The van der Waals surface area contributed by atoms with Crippen LogP contribution >= 0.6 is 0 Å². The van der Waals surface area contributed by atoms with E-state index in [0.29, 0.717) is 19.4 Å². The van der Waals surface area contributed by atoms with Crippen LogP contribution in [0.15, 0.2) is 35.5 Å². The zero-order chi connectivity index (χ0) is 18.5. The smallest absolute Gasteiger partial charge is 0.303 e. The third kappa shape index (κ3) is 4.43. The monoisotopic (exact) mass is 361 g/mol. The number of aliphatic hydroxyl groups is 2. The van der Waals surface area contributed by atoms with Crippen molar-refractivity contribution >= 4 is 11.7 Å². The SMILES string of the molecule is O=C(O)CCCON=C1CC2C1CC(CCC(O)c1ccccc1)C2O. The van der Waals surface area contributed by atoms with Gasteiger partial charge in [-0.3, -0.25) is 4.79 Å². The summed E-state index contributed by atoms with van der Waals surface area (Å²) in [4.78, 5) is 15.7.